The Morgan fingerprint density at radius 1 is 1.12 bits per heavy atom. The van der Waals surface area contributed by atoms with Gasteiger partial charge in [-0.25, -0.2) is 19.9 Å². The molecule has 0 saturated heterocycles. The number of benzene rings is 2. The fourth-order valence-corrected chi connectivity index (χ4v) is 3.96. The van der Waals surface area contributed by atoms with Gasteiger partial charge in [-0.05, 0) is 43.3 Å². The van der Waals surface area contributed by atoms with Gasteiger partial charge >= 0.3 is 0 Å². The molecule has 5 rings (SSSR count). The third-order valence-electron chi connectivity index (χ3n) is 4.72. The molecule has 0 saturated carbocycles. The molecular formula is C22H19ClN6O2S. The summed E-state index contributed by atoms with van der Waals surface area (Å²) < 4.78 is 11.4. The van der Waals surface area contributed by atoms with Gasteiger partial charge in [0.1, 0.15) is 35.6 Å². The second-order valence-electron chi connectivity index (χ2n) is 7.14. The molecule has 1 aliphatic heterocycles. The summed E-state index contributed by atoms with van der Waals surface area (Å²) in [6.07, 6.45) is 3.35. The first kappa shape index (κ1) is 20.5. The Bertz CT molecular complexity index is 1280. The molecule has 1 atom stereocenters. The topological polar surface area (TPSA) is 93.6 Å². The van der Waals surface area contributed by atoms with Crippen LogP contribution in [0.15, 0.2) is 59.3 Å². The summed E-state index contributed by atoms with van der Waals surface area (Å²) in [6, 6.07) is 11.8. The van der Waals surface area contributed by atoms with E-state index in [4.69, 9.17) is 21.1 Å². The number of ether oxygens (including phenoxy) is 2. The molecule has 0 bridgehead atoms. The zero-order valence-corrected chi connectivity index (χ0v) is 18.7. The molecule has 0 spiro atoms. The van der Waals surface area contributed by atoms with Crippen LogP contribution in [0.4, 0.5) is 17.2 Å². The first-order valence-corrected chi connectivity index (χ1v) is 11.2. The Hall–Kier alpha value is -3.43. The molecule has 2 aromatic carbocycles. The smallest absolute Gasteiger partial charge is 0.289 e. The maximum absolute atomic E-state index is 6.43. The summed E-state index contributed by atoms with van der Waals surface area (Å²) in [5.41, 5.74) is 2.43. The summed E-state index contributed by atoms with van der Waals surface area (Å²) in [6.45, 7) is 3.01. The van der Waals surface area contributed by atoms with Gasteiger partial charge in [0.25, 0.3) is 6.02 Å². The van der Waals surface area contributed by atoms with E-state index in [0.29, 0.717) is 35.8 Å². The van der Waals surface area contributed by atoms with E-state index in [-0.39, 0.29) is 6.10 Å². The van der Waals surface area contributed by atoms with Gasteiger partial charge in [-0.3, -0.25) is 0 Å². The molecule has 1 unspecified atom stereocenters. The van der Waals surface area contributed by atoms with Crippen LogP contribution in [0.3, 0.4) is 0 Å². The van der Waals surface area contributed by atoms with E-state index in [1.807, 2.05) is 42.6 Å². The van der Waals surface area contributed by atoms with Crippen LogP contribution in [0, 0.1) is 0 Å². The number of fused-ring (bicyclic) bond motifs is 1. The van der Waals surface area contributed by atoms with Crippen molar-refractivity contribution in [2.24, 2.45) is 4.99 Å². The van der Waals surface area contributed by atoms with Crippen LogP contribution >= 0.6 is 22.9 Å². The van der Waals surface area contributed by atoms with Gasteiger partial charge < -0.3 is 20.1 Å². The highest BCUT2D eigenvalue weighted by Crippen LogP contribution is 2.31. The minimum Gasteiger partial charge on any atom is -0.485 e. The molecule has 8 nitrogen and oxygen atoms in total. The number of halogens is 1. The monoisotopic (exact) mass is 466 g/mol. The zero-order chi connectivity index (χ0) is 21.9. The summed E-state index contributed by atoms with van der Waals surface area (Å²) in [7, 11) is 0. The van der Waals surface area contributed by atoms with E-state index in [9.17, 15) is 0 Å². The largest absolute Gasteiger partial charge is 0.485 e. The molecule has 0 radical (unpaired) electrons. The first-order chi connectivity index (χ1) is 15.6. The molecule has 2 aromatic heterocycles. The summed E-state index contributed by atoms with van der Waals surface area (Å²) in [5, 5.41) is 10.7. The Morgan fingerprint density at radius 3 is 2.78 bits per heavy atom. The number of rotatable bonds is 6. The average molecular weight is 467 g/mol. The fraction of sp³-hybridized carbons (Fsp3) is 0.182. The predicted molar refractivity (Wildman–Crippen MR) is 127 cm³/mol. The number of nitrogens with zero attached hydrogens (tertiary/aromatic N) is 4. The van der Waals surface area contributed by atoms with Crippen molar-refractivity contribution in [3.05, 3.63) is 64.3 Å². The van der Waals surface area contributed by atoms with Gasteiger partial charge in [-0.1, -0.05) is 11.6 Å². The van der Waals surface area contributed by atoms with Crippen LogP contribution in [-0.4, -0.2) is 33.6 Å². The first-order valence-electron chi connectivity index (χ1n) is 9.95. The molecule has 162 valence electrons. The fourth-order valence-electron chi connectivity index (χ4n) is 3.20. The highest BCUT2D eigenvalue weighted by Gasteiger charge is 2.15. The minimum atomic E-state index is 0.0804. The van der Waals surface area contributed by atoms with Crippen LogP contribution in [-0.2, 0) is 11.3 Å². The molecule has 2 N–H and O–H groups in total. The van der Waals surface area contributed by atoms with E-state index >= 15 is 0 Å². The number of hydrogen-bond acceptors (Lipinski definition) is 9. The Kier molecular flexibility index (Phi) is 5.74. The van der Waals surface area contributed by atoms with Gasteiger partial charge in [0.05, 0.1) is 17.1 Å². The number of amidine groups is 1. The van der Waals surface area contributed by atoms with Crippen LogP contribution in [0.25, 0.3) is 10.9 Å². The van der Waals surface area contributed by atoms with Crippen molar-refractivity contribution in [3.8, 4) is 5.75 Å². The number of hydrogen-bond donors (Lipinski definition) is 2. The Labute approximate surface area is 193 Å². The van der Waals surface area contributed by atoms with Gasteiger partial charge in [0.15, 0.2) is 0 Å². The quantitative estimate of drug-likeness (QED) is 0.401. The Morgan fingerprint density at radius 2 is 2.00 bits per heavy atom. The standard InChI is InChI=1S/C22H19ClN6O2S/c1-13-10-25-22(31-13)29-14-2-4-18-16(8-14)21(27-12-26-18)28-15-3-5-19(17(23)9-15)30-11-20-24-6-7-32-20/h2-9,12-13H,10-11H2,1H3,(H,25,29)(H,26,27,28). The normalized spacial score (nSPS) is 15.3. The van der Waals surface area contributed by atoms with Crippen molar-refractivity contribution in [3.63, 3.8) is 0 Å². The summed E-state index contributed by atoms with van der Waals surface area (Å²) >= 11 is 7.97. The minimum absolute atomic E-state index is 0.0804. The highest BCUT2D eigenvalue weighted by atomic mass is 35.5. The van der Waals surface area contributed by atoms with Gasteiger partial charge in [-0.2, -0.15) is 0 Å². The van der Waals surface area contributed by atoms with E-state index in [2.05, 4.69) is 30.6 Å². The SMILES string of the molecule is CC1CN=C(Nc2ccc3ncnc(Nc4ccc(OCc5nccs5)c(Cl)c4)c3c2)O1. The van der Waals surface area contributed by atoms with Crippen LogP contribution < -0.4 is 15.4 Å². The van der Waals surface area contributed by atoms with Crippen molar-refractivity contribution in [2.75, 3.05) is 17.2 Å². The molecular weight excluding hydrogens is 448 g/mol. The lowest BCUT2D eigenvalue weighted by molar-refractivity contribution is 0.245. The average Bonchev–Trinajstić information content (AvgIpc) is 3.45. The second kappa shape index (κ2) is 8.97. The number of aliphatic imine (C=N–C) groups is 1. The third-order valence-corrected chi connectivity index (χ3v) is 5.77. The van der Waals surface area contributed by atoms with Crippen molar-refractivity contribution in [1.82, 2.24) is 15.0 Å². The maximum atomic E-state index is 6.43. The predicted octanol–water partition coefficient (Wildman–Crippen LogP) is 5.25. The van der Waals surface area contributed by atoms with Gasteiger partial charge in [0.2, 0.25) is 0 Å². The molecule has 3 heterocycles. The molecule has 0 fully saturated rings. The molecule has 0 amide bonds. The lowest BCUT2D eigenvalue weighted by atomic mass is 10.2. The molecule has 32 heavy (non-hydrogen) atoms. The van der Waals surface area contributed by atoms with Crippen molar-refractivity contribution in [2.45, 2.75) is 19.6 Å². The van der Waals surface area contributed by atoms with E-state index in [1.54, 1.807) is 12.3 Å². The number of anilines is 3. The maximum Gasteiger partial charge on any atom is 0.289 e. The molecule has 0 aliphatic carbocycles. The van der Waals surface area contributed by atoms with Gasteiger partial charge in [-0.15, -0.1) is 11.3 Å². The van der Waals surface area contributed by atoms with Gasteiger partial charge in [0, 0.05) is 28.3 Å². The number of thiazole rings is 1. The van der Waals surface area contributed by atoms with Crippen molar-refractivity contribution in [1.29, 1.82) is 0 Å². The second-order valence-corrected chi connectivity index (χ2v) is 8.52. The zero-order valence-electron chi connectivity index (χ0n) is 17.1. The molecule has 1 aliphatic rings. The highest BCUT2D eigenvalue weighted by molar-refractivity contribution is 7.09. The van der Waals surface area contributed by atoms with E-state index in [1.165, 1.54) is 17.7 Å². The van der Waals surface area contributed by atoms with Crippen LogP contribution in [0.1, 0.15) is 11.9 Å². The van der Waals surface area contributed by atoms with Crippen LogP contribution in [0.5, 0.6) is 5.75 Å². The van der Waals surface area contributed by atoms with E-state index in [0.717, 1.165) is 27.3 Å². The summed E-state index contributed by atoms with van der Waals surface area (Å²) in [4.78, 5) is 17.3. The lowest BCUT2D eigenvalue weighted by Gasteiger charge is -2.12. The van der Waals surface area contributed by atoms with Crippen molar-refractivity contribution < 1.29 is 9.47 Å². The number of aromatic nitrogens is 3. The van der Waals surface area contributed by atoms with Crippen molar-refractivity contribution >= 4 is 57.1 Å². The third kappa shape index (κ3) is 4.58. The van der Waals surface area contributed by atoms with E-state index < -0.39 is 0 Å². The number of nitrogens with one attached hydrogen (secondary N) is 2. The Balaban J connectivity index is 1.35. The molecule has 10 heteroatoms. The molecule has 4 aromatic rings. The lowest BCUT2D eigenvalue weighted by Crippen LogP contribution is -2.15. The van der Waals surface area contributed by atoms with Crippen LogP contribution in [0.2, 0.25) is 5.02 Å². The summed E-state index contributed by atoms with van der Waals surface area (Å²) in [5.74, 6) is 1.26.